The highest BCUT2D eigenvalue weighted by Gasteiger charge is 2.33. The molecular formula is C9H9ClF3NO2S. The molecule has 1 heterocycles. The van der Waals surface area contributed by atoms with E-state index in [9.17, 15) is 21.6 Å². The Labute approximate surface area is 102 Å². The van der Waals surface area contributed by atoms with Gasteiger partial charge in [0.25, 0.3) is 0 Å². The smallest absolute Gasteiger partial charge is 0.230 e. The largest absolute Gasteiger partial charge is 0.433 e. The summed E-state index contributed by atoms with van der Waals surface area (Å²) in [6.45, 7) is 1.64. The molecule has 1 aromatic heterocycles. The van der Waals surface area contributed by atoms with E-state index in [0.29, 0.717) is 12.5 Å². The molecule has 1 aromatic rings. The van der Waals surface area contributed by atoms with Crippen LogP contribution in [0.5, 0.6) is 0 Å². The lowest BCUT2D eigenvalue weighted by atomic mass is 10.3. The maximum Gasteiger partial charge on any atom is 0.433 e. The second kappa shape index (κ2) is 4.81. The standard InChI is InChI=1S/C9H9ClF3NO2S/c1-2-5-17(15,16)6-3-4-7(9(11,12)13)14-8(6)10/h3-4H,2,5H2,1H3. The Morgan fingerprint density at radius 3 is 2.35 bits per heavy atom. The topological polar surface area (TPSA) is 47.0 Å². The lowest BCUT2D eigenvalue weighted by molar-refractivity contribution is -0.141. The predicted molar refractivity (Wildman–Crippen MR) is 56.6 cm³/mol. The molecule has 0 atom stereocenters. The van der Waals surface area contributed by atoms with Crippen molar-refractivity contribution in [3.63, 3.8) is 0 Å². The first-order valence-electron chi connectivity index (χ1n) is 4.65. The van der Waals surface area contributed by atoms with Gasteiger partial charge in [0, 0.05) is 0 Å². The minimum absolute atomic E-state index is 0.181. The number of nitrogens with zero attached hydrogens (tertiary/aromatic N) is 1. The van der Waals surface area contributed by atoms with Gasteiger partial charge in [-0.15, -0.1) is 0 Å². The van der Waals surface area contributed by atoms with Gasteiger partial charge >= 0.3 is 6.18 Å². The van der Waals surface area contributed by atoms with E-state index in [0.717, 1.165) is 6.07 Å². The monoisotopic (exact) mass is 287 g/mol. The highest BCUT2D eigenvalue weighted by Crippen LogP contribution is 2.30. The van der Waals surface area contributed by atoms with E-state index < -0.39 is 26.9 Å². The van der Waals surface area contributed by atoms with Crippen LogP contribution in [0, 0.1) is 0 Å². The minimum atomic E-state index is -4.64. The molecule has 0 unspecified atom stereocenters. The van der Waals surface area contributed by atoms with Crippen LogP contribution in [0.2, 0.25) is 5.15 Å². The van der Waals surface area contributed by atoms with Crippen LogP contribution in [-0.4, -0.2) is 19.2 Å². The lowest BCUT2D eigenvalue weighted by Gasteiger charge is -2.09. The van der Waals surface area contributed by atoms with Gasteiger partial charge in [0.2, 0.25) is 0 Å². The average molecular weight is 288 g/mol. The average Bonchev–Trinajstić information content (AvgIpc) is 2.15. The summed E-state index contributed by atoms with van der Waals surface area (Å²) in [6.07, 6.45) is -4.30. The number of rotatable bonds is 3. The van der Waals surface area contributed by atoms with Gasteiger partial charge in [0.15, 0.2) is 9.84 Å². The van der Waals surface area contributed by atoms with E-state index in [4.69, 9.17) is 11.6 Å². The van der Waals surface area contributed by atoms with Gasteiger partial charge in [-0.25, -0.2) is 13.4 Å². The van der Waals surface area contributed by atoms with E-state index in [1.54, 1.807) is 6.92 Å². The molecule has 8 heteroatoms. The molecular weight excluding hydrogens is 279 g/mol. The molecule has 0 bridgehead atoms. The van der Waals surface area contributed by atoms with Crippen LogP contribution < -0.4 is 0 Å². The SMILES string of the molecule is CCCS(=O)(=O)c1ccc(C(F)(F)F)nc1Cl. The van der Waals surface area contributed by atoms with Crippen molar-refractivity contribution in [3.8, 4) is 0 Å². The van der Waals surface area contributed by atoms with Crippen molar-refractivity contribution in [2.75, 3.05) is 5.75 Å². The van der Waals surface area contributed by atoms with Crippen molar-refractivity contribution in [2.24, 2.45) is 0 Å². The van der Waals surface area contributed by atoms with Crippen molar-refractivity contribution in [2.45, 2.75) is 24.4 Å². The molecule has 0 aromatic carbocycles. The van der Waals surface area contributed by atoms with Gasteiger partial charge < -0.3 is 0 Å². The van der Waals surface area contributed by atoms with Gasteiger partial charge in [-0.2, -0.15) is 13.2 Å². The maximum absolute atomic E-state index is 12.3. The predicted octanol–water partition coefficient (Wildman–Crippen LogP) is 2.94. The summed E-state index contributed by atoms with van der Waals surface area (Å²) in [7, 11) is -3.67. The van der Waals surface area contributed by atoms with Gasteiger partial charge in [0.05, 0.1) is 5.75 Å². The molecule has 0 aliphatic rings. The van der Waals surface area contributed by atoms with E-state index >= 15 is 0 Å². The Morgan fingerprint density at radius 2 is 1.94 bits per heavy atom. The summed E-state index contributed by atoms with van der Waals surface area (Å²) >= 11 is 5.47. The number of sulfone groups is 1. The fourth-order valence-electron chi connectivity index (χ4n) is 1.19. The van der Waals surface area contributed by atoms with Crippen LogP contribution in [0.1, 0.15) is 19.0 Å². The number of alkyl halides is 3. The third kappa shape index (κ3) is 3.32. The Kier molecular flexibility index (Phi) is 4.03. The second-order valence-electron chi connectivity index (χ2n) is 3.30. The van der Waals surface area contributed by atoms with Gasteiger partial charge in [-0.1, -0.05) is 18.5 Å². The molecule has 17 heavy (non-hydrogen) atoms. The summed E-state index contributed by atoms with van der Waals surface area (Å²) in [5.41, 5.74) is -1.21. The number of hydrogen-bond acceptors (Lipinski definition) is 3. The molecule has 3 nitrogen and oxygen atoms in total. The number of pyridine rings is 1. The summed E-state index contributed by atoms with van der Waals surface area (Å²) in [5, 5.41) is -0.645. The quantitative estimate of drug-likeness (QED) is 0.803. The fraction of sp³-hybridized carbons (Fsp3) is 0.444. The molecule has 0 spiro atoms. The second-order valence-corrected chi connectivity index (χ2v) is 5.74. The molecule has 0 aliphatic heterocycles. The third-order valence-electron chi connectivity index (χ3n) is 1.91. The Hall–Kier alpha value is -0.820. The minimum Gasteiger partial charge on any atom is -0.230 e. The van der Waals surface area contributed by atoms with Crippen molar-refractivity contribution < 1.29 is 21.6 Å². The first-order valence-corrected chi connectivity index (χ1v) is 6.68. The molecule has 0 aliphatic carbocycles. The zero-order chi connectivity index (χ0) is 13.3. The van der Waals surface area contributed by atoms with Crippen molar-refractivity contribution in [1.29, 1.82) is 0 Å². The zero-order valence-electron chi connectivity index (χ0n) is 8.75. The van der Waals surface area contributed by atoms with Crippen LogP contribution in [0.25, 0.3) is 0 Å². The zero-order valence-corrected chi connectivity index (χ0v) is 10.3. The molecule has 0 fully saturated rings. The lowest BCUT2D eigenvalue weighted by Crippen LogP contribution is -2.12. The maximum atomic E-state index is 12.3. The first-order chi connectivity index (χ1) is 7.68. The van der Waals surface area contributed by atoms with Crippen molar-refractivity contribution >= 4 is 21.4 Å². The Balaban J connectivity index is 3.24. The summed E-state index contributed by atoms with van der Waals surface area (Å²) in [6, 6.07) is 1.44. The molecule has 0 radical (unpaired) electrons. The van der Waals surface area contributed by atoms with E-state index in [1.807, 2.05) is 0 Å². The molecule has 0 saturated heterocycles. The molecule has 0 amide bonds. The Morgan fingerprint density at radius 1 is 1.35 bits per heavy atom. The molecule has 96 valence electrons. The highest BCUT2D eigenvalue weighted by atomic mass is 35.5. The van der Waals surface area contributed by atoms with E-state index in [1.165, 1.54) is 0 Å². The van der Waals surface area contributed by atoms with E-state index in [2.05, 4.69) is 4.98 Å². The number of hydrogen-bond donors (Lipinski definition) is 0. The summed E-state index contributed by atoms with van der Waals surface area (Å²) < 4.78 is 60.0. The van der Waals surface area contributed by atoms with Crippen LogP contribution in [0.4, 0.5) is 13.2 Å². The molecule has 0 N–H and O–H groups in total. The summed E-state index contributed by atoms with van der Waals surface area (Å²) in [5.74, 6) is -0.181. The highest BCUT2D eigenvalue weighted by molar-refractivity contribution is 7.91. The first kappa shape index (κ1) is 14.2. The normalized spacial score (nSPS) is 12.8. The van der Waals surface area contributed by atoms with Gasteiger partial charge in [-0.05, 0) is 18.6 Å². The number of halogens is 4. The summed E-state index contributed by atoms with van der Waals surface area (Å²) in [4.78, 5) is 2.69. The van der Waals surface area contributed by atoms with Crippen LogP contribution >= 0.6 is 11.6 Å². The van der Waals surface area contributed by atoms with Crippen molar-refractivity contribution in [1.82, 2.24) is 4.98 Å². The van der Waals surface area contributed by atoms with Crippen LogP contribution in [0.3, 0.4) is 0 Å². The van der Waals surface area contributed by atoms with Crippen molar-refractivity contribution in [3.05, 3.63) is 23.0 Å². The van der Waals surface area contributed by atoms with E-state index in [-0.39, 0.29) is 10.6 Å². The van der Waals surface area contributed by atoms with Gasteiger partial charge in [0.1, 0.15) is 15.7 Å². The molecule has 0 saturated carbocycles. The van der Waals surface area contributed by atoms with Gasteiger partial charge in [-0.3, -0.25) is 0 Å². The fourth-order valence-corrected chi connectivity index (χ4v) is 3.03. The number of aromatic nitrogens is 1. The van der Waals surface area contributed by atoms with Crippen LogP contribution in [0.15, 0.2) is 17.0 Å². The Bertz CT molecular complexity index is 513. The third-order valence-corrected chi connectivity index (χ3v) is 4.26. The van der Waals surface area contributed by atoms with Crippen LogP contribution in [-0.2, 0) is 16.0 Å². The molecule has 1 rings (SSSR count).